The molecule has 0 amide bonds. The first-order valence-corrected chi connectivity index (χ1v) is 10.1. The Hall–Kier alpha value is -1.60. The molecule has 1 atom stereocenters. The average molecular weight is 339 g/mol. The number of hydrogen-bond donors (Lipinski definition) is 1. The van der Waals surface area contributed by atoms with E-state index < -0.39 is 0 Å². The van der Waals surface area contributed by atoms with Crippen LogP contribution in [0.3, 0.4) is 0 Å². The topological polar surface area (TPSA) is 20.2 Å². The fourth-order valence-electron chi connectivity index (χ4n) is 3.32. The maximum Gasteiger partial charge on any atom is 0.0790 e. The molecule has 2 rings (SSSR count). The Bertz CT molecular complexity index is 558. The highest BCUT2D eigenvalue weighted by atomic mass is 16.3. The van der Waals surface area contributed by atoms with E-state index in [1.165, 1.54) is 56.1 Å². The van der Waals surface area contributed by atoms with Crippen molar-refractivity contribution in [1.29, 1.82) is 0 Å². The van der Waals surface area contributed by atoms with Crippen LogP contribution in [0.5, 0.6) is 0 Å². The Morgan fingerprint density at radius 2 is 1.28 bits per heavy atom. The van der Waals surface area contributed by atoms with Crippen LogP contribution in [0.4, 0.5) is 0 Å². The molecule has 2 aromatic rings. The molecule has 0 spiro atoms. The van der Waals surface area contributed by atoms with Crippen LogP contribution in [0.2, 0.25) is 0 Å². The van der Waals surface area contributed by atoms with Gasteiger partial charge in [0, 0.05) is 0 Å². The molecule has 0 fully saturated rings. The molecule has 25 heavy (non-hydrogen) atoms. The van der Waals surface area contributed by atoms with Crippen molar-refractivity contribution < 1.29 is 5.11 Å². The molecule has 136 valence electrons. The second-order valence-corrected chi connectivity index (χ2v) is 7.15. The highest BCUT2D eigenvalue weighted by Crippen LogP contribution is 2.21. The van der Waals surface area contributed by atoms with Crippen LogP contribution < -0.4 is 0 Å². The molecule has 1 heteroatoms. The van der Waals surface area contributed by atoms with Gasteiger partial charge in [-0.1, -0.05) is 93.6 Å². The molecule has 0 saturated carbocycles. The molecule has 1 N–H and O–H groups in total. The van der Waals surface area contributed by atoms with Gasteiger partial charge in [0.1, 0.15) is 0 Å². The predicted octanol–water partition coefficient (Wildman–Crippen LogP) is 6.65. The van der Waals surface area contributed by atoms with Gasteiger partial charge in [0.15, 0.2) is 0 Å². The molecule has 0 aliphatic carbocycles. The first-order valence-electron chi connectivity index (χ1n) is 10.1. The third-order valence-electron chi connectivity index (χ3n) is 4.97. The maximum absolute atomic E-state index is 10.4. The monoisotopic (exact) mass is 338 g/mol. The smallest absolute Gasteiger partial charge is 0.0790 e. The second-order valence-electron chi connectivity index (χ2n) is 7.15. The van der Waals surface area contributed by atoms with Crippen LogP contribution in [0.15, 0.2) is 54.6 Å². The minimum atomic E-state index is -0.307. The van der Waals surface area contributed by atoms with E-state index in [4.69, 9.17) is 0 Å². The van der Waals surface area contributed by atoms with Crippen LogP contribution in [-0.4, -0.2) is 5.11 Å². The number of unbranched alkanes of at least 4 members (excludes halogenated alkanes) is 5. The third-order valence-corrected chi connectivity index (χ3v) is 4.97. The van der Waals surface area contributed by atoms with Crippen LogP contribution >= 0.6 is 0 Å². The van der Waals surface area contributed by atoms with Gasteiger partial charge in [-0.3, -0.25) is 0 Å². The Balaban J connectivity index is 1.59. The summed E-state index contributed by atoms with van der Waals surface area (Å²) < 4.78 is 0. The predicted molar refractivity (Wildman–Crippen MR) is 108 cm³/mol. The van der Waals surface area contributed by atoms with Gasteiger partial charge in [-0.25, -0.2) is 0 Å². The number of benzene rings is 2. The lowest BCUT2D eigenvalue weighted by Crippen LogP contribution is -1.98. The van der Waals surface area contributed by atoms with E-state index >= 15 is 0 Å². The molecule has 2 aromatic carbocycles. The van der Waals surface area contributed by atoms with Gasteiger partial charge in [0.2, 0.25) is 0 Å². The van der Waals surface area contributed by atoms with Crippen LogP contribution in [0.25, 0.3) is 0 Å². The van der Waals surface area contributed by atoms with E-state index in [-0.39, 0.29) is 6.10 Å². The Morgan fingerprint density at radius 3 is 1.96 bits per heavy atom. The zero-order chi connectivity index (χ0) is 17.7. The second kappa shape index (κ2) is 11.9. The quantitative estimate of drug-likeness (QED) is 0.430. The lowest BCUT2D eigenvalue weighted by Gasteiger charge is -2.12. The summed E-state index contributed by atoms with van der Waals surface area (Å²) in [4.78, 5) is 0. The molecule has 1 nitrogen and oxygen atoms in total. The van der Waals surface area contributed by atoms with Crippen molar-refractivity contribution in [2.45, 2.75) is 77.2 Å². The van der Waals surface area contributed by atoms with E-state index in [1.54, 1.807) is 0 Å². The number of hydrogen-bond acceptors (Lipinski definition) is 1. The van der Waals surface area contributed by atoms with Crippen molar-refractivity contribution in [3.05, 3.63) is 71.3 Å². The first-order chi connectivity index (χ1) is 12.3. The summed E-state index contributed by atoms with van der Waals surface area (Å²) in [5.41, 5.74) is 3.90. The van der Waals surface area contributed by atoms with Crippen LogP contribution in [-0.2, 0) is 12.8 Å². The standard InChI is InChI=1S/C24H34O/c1-2-3-7-12-22-17-19-23(20-18-22)24(25)16-11-5-4-8-13-21-14-9-6-10-15-21/h6,9-10,14-15,17-20,24-25H,2-5,7-8,11-13,16H2,1H3. The van der Waals surface area contributed by atoms with Gasteiger partial charge < -0.3 is 5.11 Å². The molecule has 0 aliphatic rings. The summed E-state index contributed by atoms with van der Waals surface area (Å²) in [6, 6.07) is 19.3. The van der Waals surface area contributed by atoms with Crippen molar-refractivity contribution in [2.24, 2.45) is 0 Å². The summed E-state index contributed by atoms with van der Waals surface area (Å²) in [5.74, 6) is 0. The zero-order valence-electron chi connectivity index (χ0n) is 15.8. The van der Waals surface area contributed by atoms with E-state index in [1.807, 2.05) is 0 Å². The normalized spacial score (nSPS) is 12.2. The van der Waals surface area contributed by atoms with E-state index in [0.29, 0.717) is 0 Å². The lowest BCUT2D eigenvalue weighted by molar-refractivity contribution is 0.163. The van der Waals surface area contributed by atoms with Crippen molar-refractivity contribution in [3.63, 3.8) is 0 Å². The molecule has 0 radical (unpaired) electrons. The minimum Gasteiger partial charge on any atom is -0.388 e. The molecule has 0 bridgehead atoms. The summed E-state index contributed by atoms with van der Waals surface area (Å²) in [6.07, 6.45) is 11.5. The SMILES string of the molecule is CCCCCc1ccc(C(O)CCCCCCc2ccccc2)cc1. The molecule has 0 heterocycles. The van der Waals surface area contributed by atoms with E-state index in [2.05, 4.69) is 61.5 Å². The summed E-state index contributed by atoms with van der Waals surface area (Å²) in [5, 5.41) is 10.4. The van der Waals surface area contributed by atoms with Gasteiger partial charge in [-0.15, -0.1) is 0 Å². The summed E-state index contributed by atoms with van der Waals surface area (Å²) in [6.45, 7) is 2.24. The Morgan fingerprint density at radius 1 is 0.680 bits per heavy atom. The van der Waals surface area contributed by atoms with Crippen molar-refractivity contribution >= 4 is 0 Å². The minimum absolute atomic E-state index is 0.307. The summed E-state index contributed by atoms with van der Waals surface area (Å²) >= 11 is 0. The fourth-order valence-corrected chi connectivity index (χ4v) is 3.32. The number of aliphatic hydroxyl groups is 1. The molecule has 0 aromatic heterocycles. The third kappa shape index (κ3) is 7.88. The van der Waals surface area contributed by atoms with Crippen molar-refractivity contribution in [2.75, 3.05) is 0 Å². The molecular weight excluding hydrogens is 304 g/mol. The van der Waals surface area contributed by atoms with Gasteiger partial charge in [-0.05, 0) is 48.8 Å². The highest BCUT2D eigenvalue weighted by Gasteiger charge is 2.07. The molecular formula is C24H34O. The van der Waals surface area contributed by atoms with Gasteiger partial charge >= 0.3 is 0 Å². The number of aliphatic hydroxyl groups excluding tert-OH is 1. The van der Waals surface area contributed by atoms with Gasteiger partial charge in [0.25, 0.3) is 0 Å². The van der Waals surface area contributed by atoms with Crippen molar-refractivity contribution in [1.82, 2.24) is 0 Å². The lowest BCUT2D eigenvalue weighted by atomic mass is 9.99. The average Bonchev–Trinajstić information content (AvgIpc) is 2.66. The molecule has 1 unspecified atom stereocenters. The number of aryl methyl sites for hydroxylation is 2. The molecule has 0 aliphatic heterocycles. The van der Waals surface area contributed by atoms with Crippen LogP contribution in [0, 0.1) is 0 Å². The Kier molecular flexibility index (Phi) is 9.36. The van der Waals surface area contributed by atoms with Gasteiger partial charge in [0.05, 0.1) is 6.10 Å². The van der Waals surface area contributed by atoms with Gasteiger partial charge in [-0.2, -0.15) is 0 Å². The van der Waals surface area contributed by atoms with Crippen LogP contribution in [0.1, 0.15) is 81.1 Å². The highest BCUT2D eigenvalue weighted by molar-refractivity contribution is 5.24. The fraction of sp³-hybridized carbons (Fsp3) is 0.500. The van der Waals surface area contributed by atoms with E-state index in [9.17, 15) is 5.11 Å². The summed E-state index contributed by atoms with van der Waals surface area (Å²) in [7, 11) is 0. The number of rotatable bonds is 12. The Labute approximate surface area is 154 Å². The maximum atomic E-state index is 10.4. The van der Waals surface area contributed by atoms with E-state index in [0.717, 1.165) is 24.8 Å². The zero-order valence-corrected chi connectivity index (χ0v) is 15.8. The largest absolute Gasteiger partial charge is 0.388 e. The van der Waals surface area contributed by atoms with Crippen molar-refractivity contribution in [3.8, 4) is 0 Å². The molecule has 0 saturated heterocycles. The first kappa shape index (κ1) is 19.7.